The fraction of sp³-hybridized carbons (Fsp3) is 0.438. The Labute approximate surface area is 114 Å². The molecule has 1 aliphatic carbocycles. The molecular weight excluding hydrogens is 236 g/mol. The van der Waals surface area contributed by atoms with Gasteiger partial charge in [-0.3, -0.25) is 0 Å². The molecule has 0 radical (unpaired) electrons. The molecule has 0 atom stereocenters. The zero-order valence-electron chi connectivity index (χ0n) is 11.4. The lowest BCUT2D eigenvalue weighted by Gasteiger charge is -2.11. The number of benzene rings is 1. The number of rotatable bonds is 6. The standard InChI is InChI=1S/C16H20N2O/c1-17-11-5-8-15-18-12-14(19-15)16(9-10-16)13-6-3-2-4-7-13/h2-4,6-7,12,17H,5,8-11H2,1H3. The molecule has 1 aliphatic rings. The summed E-state index contributed by atoms with van der Waals surface area (Å²) in [5, 5.41) is 3.14. The molecule has 2 aromatic rings. The van der Waals surface area contributed by atoms with Crippen LogP contribution in [0.4, 0.5) is 0 Å². The third-order valence-corrected chi connectivity index (χ3v) is 3.92. The summed E-state index contributed by atoms with van der Waals surface area (Å²) in [7, 11) is 1.97. The summed E-state index contributed by atoms with van der Waals surface area (Å²) in [6, 6.07) is 10.6. The minimum Gasteiger partial charge on any atom is -0.445 e. The predicted molar refractivity (Wildman–Crippen MR) is 75.2 cm³/mol. The quantitative estimate of drug-likeness (QED) is 0.808. The van der Waals surface area contributed by atoms with Gasteiger partial charge in [0.05, 0.1) is 11.6 Å². The van der Waals surface area contributed by atoms with E-state index in [2.05, 4.69) is 40.6 Å². The first-order chi connectivity index (χ1) is 9.35. The van der Waals surface area contributed by atoms with Crippen molar-refractivity contribution >= 4 is 0 Å². The molecule has 3 nitrogen and oxygen atoms in total. The van der Waals surface area contributed by atoms with Crippen LogP contribution in [-0.4, -0.2) is 18.6 Å². The number of aromatic nitrogens is 1. The fourth-order valence-electron chi connectivity index (χ4n) is 2.62. The number of nitrogens with one attached hydrogen (secondary N) is 1. The second-order valence-electron chi connectivity index (χ2n) is 5.27. The Hall–Kier alpha value is -1.61. The average molecular weight is 256 g/mol. The van der Waals surface area contributed by atoms with Crippen molar-refractivity contribution in [2.45, 2.75) is 31.1 Å². The minimum atomic E-state index is 0.107. The van der Waals surface area contributed by atoms with Crippen molar-refractivity contribution in [2.24, 2.45) is 0 Å². The van der Waals surface area contributed by atoms with Gasteiger partial charge in [0.2, 0.25) is 0 Å². The molecule has 1 saturated carbocycles. The molecule has 0 spiro atoms. The highest BCUT2D eigenvalue weighted by Gasteiger charge is 2.48. The van der Waals surface area contributed by atoms with Crippen LogP contribution < -0.4 is 5.32 Å². The minimum absolute atomic E-state index is 0.107. The molecule has 0 unspecified atom stereocenters. The molecule has 1 aromatic heterocycles. The van der Waals surface area contributed by atoms with Gasteiger partial charge in [-0.05, 0) is 38.4 Å². The molecule has 3 heteroatoms. The van der Waals surface area contributed by atoms with E-state index in [1.807, 2.05) is 13.2 Å². The van der Waals surface area contributed by atoms with Gasteiger partial charge in [0.1, 0.15) is 5.76 Å². The molecule has 0 amide bonds. The maximum atomic E-state index is 5.97. The molecule has 100 valence electrons. The van der Waals surface area contributed by atoms with Crippen molar-refractivity contribution in [3.05, 3.63) is 53.7 Å². The van der Waals surface area contributed by atoms with Crippen molar-refractivity contribution in [3.63, 3.8) is 0 Å². The van der Waals surface area contributed by atoms with Gasteiger partial charge in [-0.2, -0.15) is 0 Å². The van der Waals surface area contributed by atoms with Gasteiger partial charge in [0.25, 0.3) is 0 Å². The molecule has 0 aliphatic heterocycles. The summed E-state index contributed by atoms with van der Waals surface area (Å²) >= 11 is 0. The summed E-state index contributed by atoms with van der Waals surface area (Å²) in [6.45, 7) is 1.00. The van der Waals surface area contributed by atoms with Crippen LogP contribution in [0.15, 0.2) is 40.9 Å². The van der Waals surface area contributed by atoms with Crippen molar-refractivity contribution in [2.75, 3.05) is 13.6 Å². The summed E-state index contributed by atoms with van der Waals surface area (Å²) in [6.07, 6.45) is 6.24. The van der Waals surface area contributed by atoms with E-state index in [1.54, 1.807) is 0 Å². The van der Waals surface area contributed by atoms with Crippen molar-refractivity contribution in [1.82, 2.24) is 10.3 Å². The highest BCUT2D eigenvalue weighted by molar-refractivity contribution is 5.39. The van der Waals surface area contributed by atoms with Crippen LogP contribution in [-0.2, 0) is 11.8 Å². The lowest BCUT2D eigenvalue weighted by molar-refractivity contribution is 0.427. The highest BCUT2D eigenvalue weighted by atomic mass is 16.4. The third kappa shape index (κ3) is 2.43. The monoisotopic (exact) mass is 256 g/mol. The zero-order chi connectivity index (χ0) is 13.1. The molecule has 3 rings (SSSR count). The second-order valence-corrected chi connectivity index (χ2v) is 5.27. The molecule has 0 saturated heterocycles. The Balaban J connectivity index is 1.76. The number of nitrogens with zero attached hydrogens (tertiary/aromatic N) is 1. The Bertz CT molecular complexity index is 529. The van der Waals surface area contributed by atoms with Gasteiger partial charge in [-0.1, -0.05) is 30.3 Å². The van der Waals surface area contributed by atoms with Crippen LogP contribution in [0.5, 0.6) is 0 Å². The van der Waals surface area contributed by atoms with E-state index in [9.17, 15) is 0 Å². The van der Waals surface area contributed by atoms with Crippen LogP contribution in [0.2, 0.25) is 0 Å². The van der Waals surface area contributed by atoms with Gasteiger partial charge >= 0.3 is 0 Å². The molecule has 19 heavy (non-hydrogen) atoms. The van der Waals surface area contributed by atoms with E-state index in [4.69, 9.17) is 4.42 Å². The van der Waals surface area contributed by atoms with Crippen LogP contribution in [0, 0.1) is 0 Å². The number of hydrogen-bond donors (Lipinski definition) is 1. The summed E-state index contributed by atoms with van der Waals surface area (Å²) < 4.78 is 5.97. The van der Waals surface area contributed by atoms with Gasteiger partial charge in [-0.25, -0.2) is 4.98 Å². The maximum Gasteiger partial charge on any atom is 0.194 e. The van der Waals surface area contributed by atoms with E-state index in [0.717, 1.165) is 31.0 Å². The van der Waals surface area contributed by atoms with Gasteiger partial charge < -0.3 is 9.73 Å². The average Bonchev–Trinajstić information content (AvgIpc) is 3.14. The van der Waals surface area contributed by atoms with E-state index < -0.39 is 0 Å². The Kier molecular flexibility index (Phi) is 3.38. The van der Waals surface area contributed by atoms with Crippen LogP contribution >= 0.6 is 0 Å². The molecule has 1 heterocycles. The first kappa shape index (κ1) is 12.4. The molecular formula is C16H20N2O. The van der Waals surface area contributed by atoms with Crippen LogP contribution in [0.1, 0.15) is 36.5 Å². The number of hydrogen-bond acceptors (Lipinski definition) is 3. The SMILES string of the molecule is CNCCCc1ncc(C2(c3ccccc3)CC2)o1. The van der Waals surface area contributed by atoms with E-state index in [0.29, 0.717) is 0 Å². The largest absolute Gasteiger partial charge is 0.445 e. The molecule has 1 N–H and O–H groups in total. The van der Waals surface area contributed by atoms with Crippen molar-refractivity contribution in [3.8, 4) is 0 Å². The smallest absolute Gasteiger partial charge is 0.194 e. The molecule has 0 bridgehead atoms. The van der Waals surface area contributed by atoms with E-state index in [1.165, 1.54) is 18.4 Å². The highest BCUT2D eigenvalue weighted by Crippen LogP contribution is 2.53. The number of oxazole rings is 1. The first-order valence-electron chi connectivity index (χ1n) is 7.00. The predicted octanol–water partition coefficient (Wildman–Crippen LogP) is 2.91. The van der Waals surface area contributed by atoms with Crippen LogP contribution in [0.3, 0.4) is 0 Å². The van der Waals surface area contributed by atoms with Crippen molar-refractivity contribution < 1.29 is 4.42 Å². The Morgan fingerprint density at radius 1 is 1.26 bits per heavy atom. The summed E-state index contributed by atoms with van der Waals surface area (Å²) in [4.78, 5) is 4.43. The Morgan fingerprint density at radius 3 is 2.74 bits per heavy atom. The zero-order valence-corrected chi connectivity index (χ0v) is 11.4. The maximum absolute atomic E-state index is 5.97. The lowest BCUT2D eigenvalue weighted by Crippen LogP contribution is -2.08. The van der Waals surface area contributed by atoms with Crippen molar-refractivity contribution in [1.29, 1.82) is 0 Å². The summed E-state index contributed by atoms with van der Waals surface area (Å²) in [5.41, 5.74) is 1.46. The lowest BCUT2D eigenvalue weighted by atomic mass is 9.94. The normalized spacial score (nSPS) is 16.5. The second kappa shape index (κ2) is 5.17. The van der Waals surface area contributed by atoms with E-state index >= 15 is 0 Å². The topological polar surface area (TPSA) is 38.1 Å². The first-order valence-corrected chi connectivity index (χ1v) is 7.00. The molecule has 1 aromatic carbocycles. The molecule has 1 fully saturated rings. The third-order valence-electron chi connectivity index (χ3n) is 3.92. The van der Waals surface area contributed by atoms with Crippen LogP contribution in [0.25, 0.3) is 0 Å². The summed E-state index contributed by atoms with van der Waals surface area (Å²) in [5.74, 6) is 1.91. The van der Waals surface area contributed by atoms with Gasteiger partial charge in [-0.15, -0.1) is 0 Å². The van der Waals surface area contributed by atoms with Gasteiger partial charge in [0.15, 0.2) is 5.89 Å². The van der Waals surface area contributed by atoms with E-state index in [-0.39, 0.29) is 5.41 Å². The Morgan fingerprint density at radius 2 is 2.05 bits per heavy atom. The number of aryl methyl sites for hydroxylation is 1. The fourth-order valence-corrected chi connectivity index (χ4v) is 2.62. The van der Waals surface area contributed by atoms with Gasteiger partial charge in [0, 0.05) is 6.42 Å².